The van der Waals surface area contributed by atoms with E-state index in [1.165, 1.54) is 6.07 Å². The van der Waals surface area contributed by atoms with E-state index in [0.717, 1.165) is 0 Å². The van der Waals surface area contributed by atoms with Gasteiger partial charge in [-0.15, -0.1) is 6.58 Å². The van der Waals surface area contributed by atoms with Crippen LogP contribution in [0.1, 0.15) is 12.0 Å². The highest BCUT2D eigenvalue weighted by molar-refractivity contribution is 6.30. The van der Waals surface area contributed by atoms with Gasteiger partial charge in [0.2, 0.25) is 0 Å². The summed E-state index contributed by atoms with van der Waals surface area (Å²) in [7, 11) is 0. The summed E-state index contributed by atoms with van der Waals surface area (Å²) < 4.78 is 13.3. The molecular weight excluding hydrogens is 201 g/mol. The van der Waals surface area contributed by atoms with Gasteiger partial charge in [-0.2, -0.15) is 0 Å². The lowest BCUT2D eigenvalue weighted by molar-refractivity contribution is 0.587. The Hall–Kier alpha value is -0.860. The van der Waals surface area contributed by atoms with Crippen LogP contribution in [-0.2, 0) is 6.42 Å². The van der Waals surface area contributed by atoms with E-state index < -0.39 is 0 Å². The van der Waals surface area contributed by atoms with E-state index >= 15 is 0 Å². The summed E-state index contributed by atoms with van der Waals surface area (Å²) in [6, 6.07) is 4.56. The first kappa shape index (κ1) is 11.2. The Morgan fingerprint density at radius 3 is 2.86 bits per heavy atom. The highest BCUT2D eigenvalue weighted by Crippen LogP contribution is 2.16. The van der Waals surface area contributed by atoms with Gasteiger partial charge in [-0.25, -0.2) is 4.39 Å². The maximum absolute atomic E-state index is 13.3. The highest BCUT2D eigenvalue weighted by atomic mass is 35.5. The zero-order valence-electron chi connectivity index (χ0n) is 7.84. The zero-order valence-corrected chi connectivity index (χ0v) is 8.60. The summed E-state index contributed by atoms with van der Waals surface area (Å²) in [6.45, 7) is 3.58. The van der Waals surface area contributed by atoms with Crippen LogP contribution in [0.5, 0.6) is 0 Å². The third-order valence-corrected chi connectivity index (χ3v) is 2.20. The largest absolute Gasteiger partial charge is 0.327 e. The van der Waals surface area contributed by atoms with Gasteiger partial charge in [0.05, 0.1) is 0 Å². The van der Waals surface area contributed by atoms with Gasteiger partial charge in [-0.05, 0) is 30.5 Å². The molecule has 0 amide bonds. The molecule has 3 heteroatoms. The van der Waals surface area contributed by atoms with Gasteiger partial charge in [-0.3, -0.25) is 0 Å². The molecule has 1 atom stereocenters. The Morgan fingerprint density at radius 1 is 1.57 bits per heavy atom. The molecule has 1 aromatic rings. The minimum Gasteiger partial charge on any atom is -0.327 e. The van der Waals surface area contributed by atoms with Crippen LogP contribution in [-0.4, -0.2) is 6.04 Å². The van der Waals surface area contributed by atoms with E-state index in [1.54, 1.807) is 18.2 Å². The number of hydrogen-bond donors (Lipinski definition) is 1. The fraction of sp³-hybridized carbons (Fsp3) is 0.273. The maximum Gasteiger partial charge on any atom is 0.127 e. The summed E-state index contributed by atoms with van der Waals surface area (Å²) >= 11 is 5.63. The highest BCUT2D eigenvalue weighted by Gasteiger charge is 2.07. The normalized spacial score (nSPS) is 12.5. The topological polar surface area (TPSA) is 26.0 Å². The van der Waals surface area contributed by atoms with E-state index in [2.05, 4.69) is 6.58 Å². The van der Waals surface area contributed by atoms with Crippen molar-refractivity contribution in [1.29, 1.82) is 0 Å². The quantitative estimate of drug-likeness (QED) is 0.765. The van der Waals surface area contributed by atoms with Crippen LogP contribution in [0.15, 0.2) is 30.9 Å². The molecule has 0 spiro atoms. The number of halogens is 2. The lowest BCUT2D eigenvalue weighted by Crippen LogP contribution is -2.22. The fourth-order valence-corrected chi connectivity index (χ4v) is 1.43. The van der Waals surface area contributed by atoms with Crippen molar-refractivity contribution in [2.45, 2.75) is 18.9 Å². The molecule has 2 N–H and O–H groups in total. The SMILES string of the molecule is C=CCC(N)Cc1ccc(Cl)cc1F. The van der Waals surface area contributed by atoms with Crippen molar-refractivity contribution in [3.05, 3.63) is 47.3 Å². The second kappa shape index (κ2) is 5.13. The first-order valence-electron chi connectivity index (χ1n) is 4.44. The van der Waals surface area contributed by atoms with Crippen molar-refractivity contribution in [3.63, 3.8) is 0 Å². The van der Waals surface area contributed by atoms with Crippen LogP contribution in [0.4, 0.5) is 4.39 Å². The van der Waals surface area contributed by atoms with Gasteiger partial charge in [0.1, 0.15) is 5.82 Å². The van der Waals surface area contributed by atoms with Crippen molar-refractivity contribution in [2.75, 3.05) is 0 Å². The first-order chi connectivity index (χ1) is 6.63. The molecule has 0 bridgehead atoms. The molecule has 1 nitrogen and oxygen atoms in total. The lowest BCUT2D eigenvalue weighted by Gasteiger charge is -2.09. The van der Waals surface area contributed by atoms with Crippen LogP contribution >= 0.6 is 11.6 Å². The summed E-state index contributed by atoms with van der Waals surface area (Å²) in [5.74, 6) is -0.294. The molecule has 0 aliphatic carbocycles. The van der Waals surface area contributed by atoms with Crippen molar-refractivity contribution < 1.29 is 4.39 Å². The van der Waals surface area contributed by atoms with E-state index in [-0.39, 0.29) is 11.9 Å². The molecule has 1 aromatic carbocycles. The number of benzene rings is 1. The van der Waals surface area contributed by atoms with E-state index in [0.29, 0.717) is 23.4 Å². The van der Waals surface area contributed by atoms with Gasteiger partial charge in [-0.1, -0.05) is 23.7 Å². The van der Waals surface area contributed by atoms with Gasteiger partial charge >= 0.3 is 0 Å². The minimum absolute atomic E-state index is 0.0804. The van der Waals surface area contributed by atoms with Crippen molar-refractivity contribution in [3.8, 4) is 0 Å². The molecule has 14 heavy (non-hydrogen) atoms. The maximum atomic E-state index is 13.3. The second-order valence-corrected chi connectivity index (χ2v) is 3.66. The molecule has 1 unspecified atom stereocenters. The molecule has 0 aromatic heterocycles. The summed E-state index contributed by atoms with van der Waals surface area (Å²) in [5.41, 5.74) is 6.35. The van der Waals surface area contributed by atoms with Crippen LogP contribution in [0.25, 0.3) is 0 Å². The Balaban J connectivity index is 2.71. The Labute approximate surface area is 88.4 Å². The monoisotopic (exact) mass is 213 g/mol. The predicted octanol–water partition coefficient (Wildman–Crippen LogP) is 2.93. The summed E-state index contributed by atoms with van der Waals surface area (Å²) in [5, 5.41) is 0.406. The number of rotatable bonds is 4. The molecule has 1 rings (SSSR count). The van der Waals surface area contributed by atoms with Crippen LogP contribution < -0.4 is 5.73 Å². The Bertz CT molecular complexity index is 325. The molecule has 0 aliphatic heterocycles. The van der Waals surface area contributed by atoms with Gasteiger partial charge in [0.25, 0.3) is 0 Å². The number of hydrogen-bond acceptors (Lipinski definition) is 1. The van der Waals surface area contributed by atoms with Gasteiger partial charge < -0.3 is 5.73 Å². The lowest BCUT2D eigenvalue weighted by atomic mass is 10.0. The molecule has 0 saturated carbocycles. The number of nitrogens with two attached hydrogens (primary N) is 1. The minimum atomic E-state index is -0.294. The molecule has 0 fully saturated rings. The summed E-state index contributed by atoms with van der Waals surface area (Å²) in [4.78, 5) is 0. The summed E-state index contributed by atoms with van der Waals surface area (Å²) in [6.07, 6.45) is 2.93. The van der Waals surface area contributed by atoms with Crippen molar-refractivity contribution >= 4 is 11.6 Å². The van der Waals surface area contributed by atoms with Crippen molar-refractivity contribution in [1.82, 2.24) is 0 Å². The Kier molecular flexibility index (Phi) is 4.11. The van der Waals surface area contributed by atoms with Crippen LogP contribution in [0.2, 0.25) is 5.02 Å². The zero-order chi connectivity index (χ0) is 10.6. The van der Waals surface area contributed by atoms with Crippen LogP contribution in [0, 0.1) is 5.82 Å². The fourth-order valence-electron chi connectivity index (χ4n) is 1.27. The average molecular weight is 214 g/mol. The standard InChI is InChI=1S/C11H13ClFN/c1-2-3-10(14)6-8-4-5-9(12)7-11(8)13/h2,4-5,7,10H,1,3,6,14H2. The van der Waals surface area contributed by atoms with Crippen molar-refractivity contribution in [2.24, 2.45) is 5.73 Å². The van der Waals surface area contributed by atoms with Gasteiger partial charge in [0.15, 0.2) is 0 Å². The van der Waals surface area contributed by atoms with Crippen LogP contribution in [0.3, 0.4) is 0 Å². The molecule has 0 saturated heterocycles. The molecule has 0 radical (unpaired) electrons. The third kappa shape index (κ3) is 3.13. The van der Waals surface area contributed by atoms with Gasteiger partial charge in [0, 0.05) is 11.1 Å². The van der Waals surface area contributed by atoms with E-state index in [4.69, 9.17) is 17.3 Å². The van der Waals surface area contributed by atoms with E-state index in [9.17, 15) is 4.39 Å². The Morgan fingerprint density at radius 2 is 2.29 bits per heavy atom. The molecule has 0 aliphatic rings. The molecule has 76 valence electrons. The van der Waals surface area contributed by atoms with E-state index in [1.807, 2.05) is 0 Å². The second-order valence-electron chi connectivity index (χ2n) is 3.22. The average Bonchev–Trinajstić information content (AvgIpc) is 2.10. The first-order valence-corrected chi connectivity index (χ1v) is 4.81. The molecule has 0 heterocycles. The smallest absolute Gasteiger partial charge is 0.127 e. The molecular formula is C11H13ClFN. The third-order valence-electron chi connectivity index (χ3n) is 1.97. The predicted molar refractivity (Wildman–Crippen MR) is 57.9 cm³/mol.